The van der Waals surface area contributed by atoms with E-state index < -0.39 is 22.2 Å². The first kappa shape index (κ1) is 36.3. The Kier molecular flexibility index (Phi) is 9.97. The molecule has 0 aromatic heterocycles. The lowest BCUT2D eigenvalue weighted by molar-refractivity contribution is -0.175. The number of carboxylic acid groups (broad SMARTS) is 1. The lowest BCUT2D eigenvalue weighted by Crippen LogP contribution is -2.64. The zero-order valence-corrected chi connectivity index (χ0v) is 32.4. The monoisotopic (exact) mass is 696 g/mol. The molecule has 7 aliphatic rings. The fraction of sp³-hybridized carbons (Fsp3) is 0.881. The van der Waals surface area contributed by atoms with E-state index in [1.165, 1.54) is 68.9 Å². The number of likely N-dealkylation sites (tertiary alicyclic amines) is 1. The highest BCUT2D eigenvalue weighted by Gasteiger charge is 2.65. The van der Waals surface area contributed by atoms with Gasteiger partial charge in [-0.2, -0.15) is 0 Å². The summed E-state index contributed by atoms with van der Waals surface area (Å²) in [5.41, 5.74) is 3.24. The minimum atomic E-state index is -0.806. The predicted octanol–water partition coefficient (Wildman–Crippen LogP) is 7.74. The molecule has 1 heterocycles. The molecule has 3 N–H and O–H groups in total. The molecule has 1 aliphatic heterocycles. The Morgan fingerprint density at radius 2 is 1.67 bits per heavy atom. The molecule has 6 nitrogen and oxygen atoms in total. The summed E-state index contributed by atoms with van der Waals surface area (Å²) in [5, 5.41) is 24.3. The van der Waals surface area contributed by atoms with Crippen molar-refractivity contribution in [2.75, 3.05) is 39.0 Å². The second-order valence-corrected chi connectivity index (χ2v) is 20.9. The summed E-state index contributed by atoms with van der Waals surface area (Å²) in [7, 11) is -0.679. The van der Waals surface area contributed by atoms with Gasteiger partial charge < -0.3 is 20.4 Å². The van der Waals surface area contributed by atoms with E-state index in [0.29, 0.717) is 46.8 Å². The Labute approximate surface area is 300 Å². The molecule has 6 aliphatic carbocycles. The maximum atomic E-state index is 12.2. The maximum absolute atomic E-state index is 12.2. The first-order chi connectivity index (χ1) is 23.3. The van der Waals surface area contributed by atoms with Gasteiger partial charge in [0.15, 0.2) is 0 Å². The average Bonchev–Trinajstić information content (AvgIpc) is 3.50. The molecule has 0 radical (unpaired) electrons. The van der Waals surface area contributed by atoms with Crippen LogP contribution in [0.1, 0.15) is 130 Å². The summed E-state index contributed by atoms with van der Waals surface area (Å²) < 4.78 is 12.0. The van der Waals surface area contributed by atoms with Gasteiger partial charge in [-0.15, -0.1) is 0 Å². The van der Waals surface area contributed by atoms with Crippen LogP contribution in [0.25, 0.3) is 0 Å². The average molecular weight is 697 g/mol. The minimum absolute atomic E-state index is 0.0613. The van der Waals surface area contributed by atoms with Gasteiger partial charge in [-0.25, -0.2) is 0 Å². The van der Waals surface area contributed by atoms with Gasteiger partial charge in [-0.05, 0) is 166 Å². The molecule has 7 heteroatoms. The second kappa shape index (κ2) is 13.4. The third-order valence-electron chi connectivity index (χ3n) is 17.0. The quantitative estimate of drug-likeness (QED) is 0.229. The molecular formula is C42H68N2O4S. The SMILES string of the molecule is CS(=O)C1CCN(CCNC23CCC[C@@H]2C2CCC4C(C)(CCC5C(C)(C)C(C6=CCC(CCO)(C(=O)O)CC6)=CCC54C)C2CC3)CC1. The van der Waals surface area contributed by atoms with Crippen molar-refractivity contribution in [3.63, 3.8) is 0 Å². The van der Waals surface area contributed by atoms with E-state index >= 15 is 0 Å². The van der Waals surface area contributed by atoms with Gasteiger partial charge in [-0.1, -0.05) is 46.3 Å². The van der Waals surface area contributed by atoms with Crippen LogP contribution in [0, 0.1) is 51.2 Å². The Hall–Kier alpha value is -1.02. The van der Waals surface area contributed by atoms with Gasteiger partial charge in [0.2, 0.25) is 0 Å². The highest BCUT2D eigenvalue weighted by atomic mass is 32.2. The zero-order valence-electron chi connectivity index (χ0n) is 31.5. The fourth-order valence-corrected chi connectivity index (χ4v) is 15.4. The summed E-state index contributed by atoms with van der Waals surface area (Å²) in [6.45, 7) is 14.8. The third-order valence-corrected chi connectivity index (χ3v) is 18.4. The number of aliphatic carboxylic acids is 1. The van der Waals surface area contributed by atoms with Crippen molar-refractivity contribution in [3.05, 3.63) is 23.3 Å². The van der Waals surface area contributed by atoms with Crippen LogP contribution in [0.15, 0.2) is 23.3 Å². The van der Waals surface area contributed by atoms with Gasteiger partial charge in [0.05, 0.1) is 5.41 Å². The molecule has 0 aromatic carbocycles. The normalized spacial score (nSPS) is 44.5. The number of hydrogen-bond acceptors (Lipinski definition) is 5. The van der Waals surface area contributed by atoms with Gasteiger partial charge in [-0.3, -0.25) is 9.00 Å². The van der Waals surface area contributed by atoms with Crippen molar-refractivity contribution >= 4 is 16.8 Å². The molecule has 276 valence electrons. The number of rotatable bonds is 9. The van der Waals surface area contributed by atoms with Crippen LogP contribution < -0.4 is 5.32 Å². The van der Waals surface area contributed by atoms with Crippen LogP contribution in [-0.4, -0.2) is 75.1 Å². The van der Waals surface area contributed by atoms with E-state index in [4.69, 9.17) is 0 Å². The number of nitrogens with zero attached hydrogens (tertiary/aromatic N) is 1. The molecular weight excluding hydrogens is 629 g/mol. The van der Waals surface area contributed by atoms with E-state index in [1.807, 2.05) is 6.26 Å². The molecule has 1 saturated heterocycles. The van der Waals surface area contributed by atoms with Crippen molar-refractivity contribution in [3.8, 4) is 0 Å². The predicted molar refractivity (Wildman–Crippen MR) is 200 cm³/mol. The second-order valence-electron chi connectivity index (χ2n) is 19.2. The largest absolute Gasteiger partial charge is 0.481 e. The third kappa shape index (κ3) is 5.99. The molecule has 0 bridgehead atoms. The van der Waals surface area contributed by atoms with Crippen molar-refractivity contribution < 1.29 is 19.2 Å². The van der Waals surface area contributed by atoms with E-state index in [0.717, 1.165) is 75.5 Å². The van der Waals surface area contributed by atoms with Crippen molar-refractivity contribution in [2.45, 2.75) is 141 Å². The summed E-state index contributed by atoms with van der Waals surface area (Å²) in [5.74, 6) is 3.21. The summed E-state index contributed by atoms with van der Waals surface area (Å²) in [4.78, 5) is 14.8. The number of fused-ring (bicyclic) bond motifs is 7. The van der Waals surface area contributed by atoms with E-state index in [-0.39, 0.29) is 12.0 Å². The van der Waals surface area contributed by atoms with Crippen LogP contribution in [0.3, 0.4) is 0 Å². The number of piperidine rings is 1. The Morgan fingerprint density at radius 1 is 0.898 bits per heavy atom. The fourth-order valence-electron chi connectivity index (χ4n) is 14.5. The van der Waals surface area contributed by atoms with Crippen LogP contribution in [0.5, 0.6) is 0 Å². The molecule has 0 spiro atoms. The number of hydrogen-bond donors (Lipinski definition) is 3. The van der Waals surface area contributed by atoms with E-state index in [9.17, 15) is 19.2 Å². The highest BCUT2D eigenvalue weighted by Crippen LogP contribution is 2.72. The highest BCUT2D eigenvalue weighted by molar-refractivity contribution is 7.84. The number of carbonyl (C=O) groups is 1. The molecule has 10 atom stereocenters. The molecule has 49 heavy (non-hydrogen) atoms. The summed E-state index contributed by atoms with van der Waals surface area (Å²) in [6, 6.07) is 0. The van der Waals surface area contributed by atoms with E-state index in [1.54, 1.807) is 0 Å². The standard InChI is InChI=1S/C42H68N2O4S/c1-38(2)32(29-10-20-41(21-11-29,23-28-45)37(46)47)12-18-40(4)35(38)14-19-39(3)33-13-22-42(17-6-7-34(42)31(33)8-9-36(39)40)43-24-27-44-25-15-30(16-26-44)49(5)48/h10,12,30-31,33-36,43,45H,6-9,11,13-28H2,1-5H3,(H,46,47)/t31?,33?,34-,35?,36?,39?,40?,41?,42?,49?/m1/s1. The Bertz CT molecular complexity index is 1350. The summed E-state index contributed by atoms with van der Waals surface area (Å²) >= 11 is 0. The number of allylic oxidation sites excluding steroid dienone is 4. The molecule has 4 saturated carbocycles. The zero-order chi connectivity index (χ0) is 34.8. The van der Waals surface area contributed by atoms with Crippen molar-refractivity contribution in [2.24, 2.45) is 51.2 Å². The Morgan fingerprint density at radius 3 is 2.35 bits per heavy atom. The molecule has 0 amide bonds. The van der Waals surface area contributed by atoms with Gasteiger partial charge >= 0.3 is 5.97 Å². The smallest absolute Gasteiger partial charge is 0.310 e. The number of carboxylic acids is 1. The molecule has 7 rings (SSSR count). The summed E-state index contributed by atoms with van der Waals surface area (Å²) in [6.07, 6.45) is 24.8. The van der Waals surface area contributed by atoms with Gasteiger partial charge in [0.25, 0.3) is 0 Å². The van der Waals surface area contributed by atoms with Crippen LogP contribution in [0.4, 0.5) is 0 Å². The van der Waals surface area contributed by atoms with Gasteiger partial charge in [0.1, 0.15) is 0 Å². The number of aliphatic hydroxyl groups is 1. The van der Waals surface area contributed by atoms with Crippen LogP contribution in [0.2, 0.25) is 0 Å². The molecule has 5 fully saturated rings. The molecule has 0 aromatic rings. The lowest BCUT2D eigenvalue weighted by atomic mass is 9.37. The number of aliphatic hydroxyl groups excluding tert-OH is 1. The van der Waals surface area contributed by atoms with Crippen molar-refractivity contribution in [1.29, 1.82) is 0 Å². The first-order valence-corrected chi connectivity index (χ1v) is 22.0. The van der Waals surface area contributed by atoms with Gasteiger partial charge in [0, 0.05) is 47.5 Å². The molecule has 9 unspecified atom stereocenters. The van der Waals surface area contributed by atoms with E-state index in [2.05, 4.69) is 50.1 Å². The van der Waals surface area contributed by atoms with Crippen molar-refractivity contribution in [1.82, 2.24) is 10.2 Å². The minimum Gasteiger partial charge on any atom is -0.481 e. The Balaban J connectivity index is 1.04. The maximum Gasteiger partial charge on any atom is 0.310 e. The first-order valence-electron chi connectivity index (χ1n) is 20.3. The topological polar surface area (TPSA) is 89.9 Å². The number of nitrogens with one attached hydrogen (secondary N) is 1. The lowest BCUT2D eigenvalue weighted by Gasteiger charge is -2.68. The van der Waals surface area contributed by atoms with Crippen LogP contribution in [-0.2, 0) is 15.6 Å². The van der Waals surface area contributed by atoms with Crippen LogP contribution >= 0.6 is 0 Å².